The molecule has 2 amide bonds. The van der Waals surface area contributed by atoms with Crippen molar-refractivity contribution in [1.82, 2.24) is 19.4 Å². The summed E-state index contributed by atoms with van der Waals surface area (Å²) in [6, 6.07) is 4.36. The van der Waals surface area contributed by atoms with Gasteiger partial charge in [-0.2, -0.15) is 5.26 Å². The SMILES string of the molecule is Cc1c(-n2c(O)c3n(c2=O)[C@H]2C[C@@H]3N(C(=O)NC(C)(C)C)C2)ccc(C#N)c1Cl. The Hall–Kier alpha value is -2.92. The summed E-state index contributed by atoms with van der Waals surface area (Å²) in [7, 11) is 0. The van der Waals surface area contributed by atoms with E-state index in [2.05, 4.69) is 5.32 Å². The highest BCUT2D eigenvalue weighted by atomic mass is 35.5. The molecule has 152 valence electrons. The van der Waals surface area contributed by atoms with E-state index in [-0.39, 0.29) is 40.2 Å². The molecule has 1 fully saturated rings. The van der Waals surface area contributed by atoms with Gasteiger partial charge in [0.15, 0.2) is 0 Å². The third kappa shape index (κ3) is 2.80. The van der Waals surface area contributed by atoms with Crippen LogP contribution in [0.2, 0.25) is 5.02 Å². The highest BCUT2D eigenvalue weighted by Gasteiger charge is 2.49. The first-order valence-corrected chi connectivity index (χ1v) is 9.77. The summed E-state index contributed by atoms with van der Waals surface area (Å²) < 4.78 is 2.79. The molecule has 2 bridgehead atoms. The van der Waals surface area contributed by atoms with Gasteiger partial charge in [0.2, 0.25) is 5.88 Å². The van der Waals surface area contributed by atoms with Crippen LogP contribution >= 0.6 is 11.6 Å². The van der Waals surface area contributed by atoms with Crippen LogP contribution in [0.4, 0.5) is 4.79 Å². The molecule has 2 atom stereocenters. The molecule has 0 unspecified atom stereocenters. The van der Waals surface area contributed by atoms with E-state index >= 15 is 0 Å². The Morgan fingerprint density at radius 3 is 2.69 bits per heavy atom. The van der Waals surface area contributed by atoms with Gasteiger partial charge >= 0.3 is 11.7 Å². The van der Waals surface area contributed by atoms with Gasteiger partial charge in [0.1, 0.15) is 11.8 Å². The number of nitrogens with one attached hydrogen (secondary N) is 1. The number of nitriles is 1. The first-order valence-electron chi connectivity index (χ1n) is 9.39. The van der Waals surface area contributed by atoms with E-state index < -0.39 is 0 Å². The Labute approximate surface area is 172 Å². The highest BCUT2D eigenvalue weighted by Crippen LogP contribution is 2.48. The summed E-state index contributed by atoms with van der Waals surface area (Å²) in [5.41, 5.74) is 0.936. The van der Waals surface area contributed by atoms with Crippen molar-refractivity contribution in [3.63, 3.8) is 0 Å². The lowest BCUT2D eigenvalue weighted by molar-refractivity contribution is 0.175. The van der Waals surface area contributed by atoms with Crippen LogP contribution in [0.1, 0.15) is 56.1 Å². The van der Waals surface area contributed by atoms with E-state index in [4.69, 9.17) is 16.9 Å². The van der Waals surface area contributed by atoms with E-state index in [1.165, 1.54) is 10.6 Å². The van der Waals surface area contributed by atoms with Crippen LogP contribution in [0, 0.1) is 18.3 Å². The summed E-state index contributed by atoms with van der Waals surface area (Å²) in [4.78, 5) is 27.5. The van der Waals surface area contributed by atoms with Gasteiger partial charge in [-0.05, 0) is 51.8 Å². The molecule has 2 aliphatic heterocycles. The van der Waals surface area contributed by atoms with E-state index in [0.29, 0.717) is 35.5 Å². The molecule has 29 heavy (non-hydrogen) atoms. The van der Waals surface area contributed by atoms with Crippen molar-refractivity contribution in [2.45, 2.75) is 51.7 Å². The van der Waals surface area contributed by atoms with Crippen LogP contribution in [-0.4, -0.2) is 37.3 Å². The Balaban J connectivity index is 1.79. The highest BCUT2D eigenvalue weighted by molar-refractivity contribution is 6.32. The van der Waals surface area contributed by atoms with Crippen molar-refractivity contribution in [2.24, 2.45) is 0 Å². The number of hydrogen-bond acceptors (Lipinski definition) is 4. The molecule has 2 aliphatic rings. The van der Waals surface area contributed by atoms with Crippen molar-refractivity contribution < 1.29 is 9.90 Å². The fourth-order valence-electron chi connectivity index (χ4n) is 4.28. The standard InChI is InChI=1S/C20H22ClN5O3/c1-10-13(6-5-11(8-22)15(10)21)26-17(27)16-14-7-12(25(16)19(26)29)9-24(14)18(28)23-20(2,3)4/h5-6,12,14,27H,7,9H2,1-4H3,(H,23,28)/t12-,14-/m0/s1. The van der Waals surface area contributed by atoms with Crippen LogP contribution in [0.3, 0.4) is 0 Å². The number of carbonyl (C=O) groups is 1. The molecule has 1 aromatic heterocycles. The number of likely N-dealkylation sites (tertiary alicyclic amines) is 1. The number of hydrogen-bond donors (Lipinski definition) is 2. The number of halogens is 1. The van der Waals surface area contributed by atoms with E-state index in [1.54, 1.807) is 22.5 Å². The quantitative estimate of drug-likeness (QED) is 0.747. The molecule has 1 aromatic carbocycles. The maximum Gasteiger partial charge on any atom is 0.336 e. The van der Waals surface area contributed by atoms with Gasteiger partial charge in [-0.1, -0.05) is 11.6 Å². The summed E-state index contributed by atoms with van der Waals surface area (Å²) in [6.07, 6.45) is 0.601. The number of nitrogens with zero attached hydrogens (tertiary/aromatic N) is 4. The van der Waals surface area contributed by atoms with Crippen molar-refractivity contribution >= 4 is 17.6 Å². The zero-order valence-corrected chi connectivity index (χ0v) is 17.4. The van der Waals surface area contributed by atoms with Crippen LogP contribution < -0.4 is 11.0 Å². The van der Waals surface area contributed by atoms with Crippen molar-refractivity contribution in [1.29, 1.82) is 5.26 Å². The van der Waals surface area contributed by atoms with Crippen molar-refractivity contribution in [3.8, 4) is 17.6 Å². The van der Waals surface area contributed by atoms with Gasteiger partial charge in [-0.15, -0.1) is 0 Å². The first kappa shape index (κ1) is 19.4. The smallest absolute Gasteiger partial charge is 0.336 e. The summed E-state index contributed by atoms with van der Waals surface area (Å²) in [6.45, 7) is 7.82. The molecule has 0 spiro atoms. The molecule has 8 nitrogen and oxygen atoms in total. The van der Waals surface area contributed by atoms with Gasteiger partial charge in [-0.25, -0.2) is 14.2 Å². The molecular formula is C20H22ClN5O3. The second kappa shape index (κ2) is 6.29. The topological polar surface area (TPSA) is 103 Å². The van der Waals surface area contributed by atoms with Crippen LogP contribution in [0.25, 0.3) is 5.69 Å². The average Bonchev–Trinajstić information content (AvgIpc) is 3.28. The maximum absolute atomic E-state index is 13.1. The average molecular weight is 416 g/mol. The lowest BCUT2D eigenvalue weighted by atomic mass is 10.1. The number of urea groups is 1. The van der Waals surface area contributed by atoms with Crippen molar-refractivity contribution in [3.05, 3.63) is 44.5 Å². The largest absolute Gasteiger partial charge is 0.493 e. The normalized spacial score (nSPS) is 19.9. The predicted molar refractivity (Wildman–Crippen MR) is 108 cm³/mol. The third-order valence-electron chi connectivity index (χ3n) is 5.52. The molecular weight excluding hydrogens is 394 g/mol. The van der Waals surface area contributed by atoms with E-state index in [9.17, 15) is 14.7 Å². The number of aromatic hydroxyl groups is 1. The lowest BCUT2D eigenvalue weighted by Crippen LogP contribution is -2.49. The predicted octanol–water partition coefficient (Wildman–Crippen LogP) is 2.99. The van der Waals surface area contributed by atoms with Gasteiger partial charge in [0, 0.05) is 12.1 Å². The third-order valence-corrected chi connectivity index (χ3v) is 6.01. The summed E-state index contributed by atoms with van der Waals surface area (Å²) >= 11 is 6.26. The minimum absolute atomic E-state index is 0.186. The molecule has 1 saturated heterocycles. The van der Waals surface area contributed by atoms with Crippen molar-refractivity contribution in [2.75, 3.05) is 6.54 Å². The Kier molecular flexibility index (Phi) is 4.21. The van der Waals surface area contributed by atoms with Gasteiger partial charge in [-0.3, -0.25) is 4.57 Å². The second-order valence-electron chi connectivity index (χ2n) is 8.62. The number of amides is 2. The number of imidazole rings is 1. The second-order valence-corrected chi connectivity index (χ2v) is 9.00. The number of rotatable bonds is 1. The molecule has 4 rings (SSSR count). The number of carbonyl (C=O) groups excluding carboxylic acids is 1. The minimum Gasteiger partial charge on any atom is -0.493 e. The first-order chi connectivity index (χ1) is 13.5. The zero-order chi connectivity index (χ0) is 21.2. The van der Waals surface area contributed by atoms with Crippen LogP contribution in [0.15, 0.2) is 16.9 Å². The number of benzene rings is 1. The fourth-order valence-corrected chi connectivity index (χ4v) is 4.49. The Morgan fingerprint density at radius 2 is 2.07 bits per heavy atom. The molecule has 2 aromatic rings. The lowest BCUT2D eigenvalue weighted by Gasteiger charge is -2.31. The molecule has 0 radical (unpaired) electrons. The number of fused-ring (bicyclic) bond motifs is 5. The van der Waals surface area contributed by atoms with Crippen LogP contribution in [0.5, 0.6) is 5.88 Å². The summed E-state index contributed by atoms with van der Waals surface area (Å²) in [5, 5.41) is 23.3. The minimum atomic E-state index is -0.386. The molecule has 2 N–H and O–H groups in total. The number of aromatic nitrogens is 2. The van der Waals surface area contributed by atoms with Gasteiger partial charge in [0.05, 0.1) is 28.4 Å². The molecule has 9 heteroatoms. The maximum atomic E-state index is 13.1. The Morgan fingerprint density at radius 1 is 1.38 bits per heavy atom. The summed E-state index contributed by atoms with van der Waals surface area (Å²) in [5.74, 6) is -0.195. The molecule has 0 aliphatic carbocycles. The van der Waals surface area contributed by atoms with Gasteiger partial charge < -0.3 is 15.3 Å². The van der Waals surface area contributed by atoms with Gasteiger partial charge in [0.25, 0.3) is 0 Å². The molecule has 0 saturated carbocycles. The molecule has 3 heterocycles. The van der Waals surface area contributed by atoms with E-state index in [1.807, 2.05) is 26.8 Å². The zero-order valence-electron chi connectivity index (χ0n) is 16.7. The Bertz CT molecular complexity index is 1130. The fraction of sp³-hybridized carbons (Fsp3) is 0.450. The van der Waals surface area contributed by atoms with E-state index in [0.717, 1.165) is 0 Å². The van der Waals surface area contributed by atoms with Crippen LogP contribution in [-0.2, 0) is 0 Å². The monoisotopic (exact) mass is 415 g/mol.